The topological polar surface area (TPSA) is 51.8 Å². The van der Waals surface area contributed by atoms with E-state index in [2.05, 4.69) is 145 Å². The number of para-hydroxylation sites is 1. The van der Waals surface area contributed by atoms with Crippen LogP contribution in [-0.4, -0.2) is 15.0 Å². The highest BCUT2D eigenvalue weighted by molar-refractivity contribution is 7.25. The number of pyridine rings is 1. The van der Waals surface area contributed by atoms with E-state index in [1.165, 1.54) is 25.7 Å². The third-order valence-corrected chi connectivity index (χ3v) is 11.8. The lowest BCUT2D eigenvalue weighted by Crippen LogP contribution is -1.96. The molecule has 4 nitrogen and oxygen atoms in total. The smallest absolute Gasteiger partial charge is 0.160 e. The molecule has 0 aliphatic heterocycles. The van der Waals surface area contributed by atoms with Crippen LogP contribution in [0.15, 0.2) is 193 Å². The second-order valence-corrected chi connectivity index (χ2v) is 15.0. The first kappa shape index (κ1) is 32.2. The Bertz CT molecular complexity index is 3220. The molecule has 4 heterocycles. The molecule has 0 atom stereocenters. The second kappa shape index (κ2) is 13.3. The summed E-state index contributed by atoms with van der Waals surface area (Å²) >= 11 is 1.84. The van der Waals surface area contributed by atoms with Crippen LogP contribution in [0.25, 0.3) is 109 Å². The van der Waals surface area contributed by atoms with E-state index in [0.29, 0.717) is 5.82 Å². The number of hydrogen-bond acceptors (Lipinski definition) is 5. The summed E-state index contributed by atoms with van der Waals surface area (Å²) in [6.07, 6.45) is 3.64. The van der Waals surface area contributed by atoms with Crippen molar-refractivity contribution in [2.75, 3.05) is 0 Å². The Morgan fingerprint density at radius 1 is 0.393 bits per heavy atom. The number of furan rings is 1. The second-order valence-electron chi connectivity index (χ2n) is 14.0. The Balaban J connectivity index is 1.03. The van der Waals surface area contributed by atoms with Gasteiger partial charge in [0.25, 0.3) is 0 Å². The quantitative estimate of drug-likeness (QED) is 0.171. The van der Waals surface area contributed by atoms with Crippen molar-refractivity contribution in [2.45, 2.75) is 0 Å². The summed E-state index contributed by atoms with van der Waals surface area (Å²) < 4.78 is 9.32. The van der Waals surface area contributed by atoms with Gasteiger partial charge in [-0.1, -0.05) is 133 Å². The Morgan fingerprint density at radius 2 is 1.00 bits per heavy atom. The van der Waals surface area contributed by atoms with E-state index in [1.54, 1.807) is 0 Å². The lowest BCUT2D eigenvalue weighted by atomic mass is 9.92. The Kier molecular flexibility index (Phi) is 7.64. The van der Waals surface area contributed by atoms with Crippen LogP contribution >= 0.6 is 11.3 Å². The molecule has 11 aromatic rings. The SMILES string of the molecule is c1ccc(-c2nc(-c3ccc(-c4ccncc4)cc3)cc(-c3ccc(-c4ccc(-c5cccc6sc7ccccc7c56)c5oc6ccccc6c45)cc3)n2)cc1. The molecule has 5 heteroatoms. The van der Waals surface area contributed by atoms with E-state index in [9.17, 15) is 0 Å². The third kappa shape index (κ3) is 5.48. The number of benzene rings is 7. The van der Waals surface area contributed by atoms with Crippen LogP contribution in [0.4, 0.5) is 0 Å². The molecule has 0 aliphatic rings. The maximum Gasteiger partial charge on any atom is 0.160 e. The largest absolute Gasteiger partial charge is 0.455 e. The van der Waals surface area contributed by atoms with Crippen molar-refractivity contribution in [2.24, 2.45) is 0 Å². The molecular weight excluding hydrogens is 703 g/mol. The Morgan fingerprint density at radius 3 is 1.77 bits per heavy atom. The zero-order valence-corrected chi connectivity index (χ0v) is 30.9. The molecule has 56 heavy (non-hydrogen) atoms. The van der Waals surface area contributed by atoms with Gasteiger partial charge in [0.15, 0.2) is 5.82 Å². The minimum Gasteiger partial charge on any atom is -0.455 e. The molecule has 0 unspecified atom stereocenters. The van der Waals surface area contributed by atoms with Crippen molar-refractivity contribution in [3.05, 3.63) is 188 Å². The van der Waals surface area contributed by atoms with Gasteiger partial charge >= 0.3 is 0 Å². The first-order valence-electron chi connectivity index (χ1n) is 18.7. The van der Waals surface area contributed by atoms with Crippen molar-refractivity contribution in [3.63, 3.8) is 0 Å². The number of rotatable bonds is 6. The predicted molar refractivity (Wildman–Crippen MR) is 233 cm³/mol. The molecule has 0 radical (unpaired) electrons. The molecule has 262 valence electrons. The molecule has 4 aromatic heterocycles. The maximum atomic E-state index is 6.76. The van der Waals surface area contributed by atoms with Gasteiger partial charge in [0.2, 0.25) is 0 Å². The normalized spacial score (nSPS) is 11.6. The van der Waals surface area contributed by atoms with E-state index in [-0.39, 0.29) is 0 Å². The van der Waals surface area contributed by atoms with Crippen LogP contribution in [0.1, 0.15) is 0 Å². The van der Waals surface area contributed by atoms with Crippen molar-refractivity contribution >= 4 is 53.4 Å². The fourth-order valence-electron chi connectivity index (χ4n) is 7.94. The monoisotopic (exact) mass is 733 g/mol. The number of hydrogen-bond donors (Lipinski definition) is 0. The fraction of sp³-hybridized carbons (Fsp3) is 0. The number of thiophene rings is 1. The maximum absolute atomic E-state index is 6.76. The van der Waals surface area contributed by atoms with Crippen LogP contribution < -0.4 is 0 Å². The summed E-state index contributed by atoms with van der Waals surface area (Å²) in [7, 11) is 0. The molecule has 0 saturated heterocycles. The van der Waals surface area contributed by atoms with Gasteiger partial charge in [-0.05, 0) is 70.3 Å². The zero-order valence-electron chi connectivity index (χ0n) is 30.1. The van der Waals surface area contributed by atoms with Crippen LogP contribution in [0.5, 0.6) is 0 Å². The average molecular weight is 734 g/mol. The van der Waals surface area contributed by atoms with Crippen molar-refractivity contribution in [3.8, 4) is 67.3 Å². The van der Waals surface area contributed by atoms with Crippen molar-refractivity contribution in [1.82, 2.24) is 15.0 Å². The van der Waals surface area contributed by atoms with Crippen LogP contribution in [-0.2, 0) is 0 Å². The number of fused-ring (bicyclic) bond motifs is 6. The molecule has 0 bridgehead atoms. The molecule has 0 amide bonds. The van der Waals surface area contributed by atoms with Gasteiger partial charge in [-0.15, -0.1) is 11.3 Å². The van der Waals surface area contributed by atoms with Crippen molar-refractivity contribution < 1.29 is 4.42 Å². The summed E-state index contributed by atoms with van der Waals surface area (Å²) in [5.74, 6) is 0.691. The molecule has 0 spiro atoms. The highest BCUT2D eigenvalue weighted by Crippen LogP contribution is 2.46. The minimum atomic E-state index is 0.691. The molecule has 11 rings (SSSR count). The summed E-state index contributed by atoms with van der Waals surface area (Å²) in [5.41, 5.74) is 13.3. The molecule has 7 aromatic carbocycles. The summed E-state index contributed by atoms with van der Waals surface area (Å²) in [6, 6.07) is 61.7. The first-order chi connectivity index (χ1) is 27.7. The fourth-order valence-corrected chi connectivity index (χ4v) is 9.07. The molecular formula is C51H31N3OS. The van der Waals surface area contributed by atoms with Gasteiger partial charge in [-0.25, -0.2) is 9.97 Å². The van der Waals surface area contributed by atoms with Gasteiger partial charge in [-0.3, -0.25) is 4.98 Å². The van der Waals surface area contributed by atoms with Gasteiger partial charge in [-0.2, -0.15) is 0 Å². The Hall–Kier alpha value is -7.21. The highest BCUT2D eigenvalue weighted by Gasteiger charge is 2.20. The number of nitrogens with zero attached hydrogens (tertiary/aromatic N) is 3. The lowest BCUT2D eigenvalue weighted by molar-refractivity contribution is 0.670. The summed E-state index contributed by atoms with van der Waals surface area (Å²) in [5, 5.41) is 4.77. The van der Waals surface area contributed by atoms with Crippen LogP contribution in [0.3, 0.4) is 0 Å². The van der Waals surface area contributed by atoms with E-state index in [0.717, 1.165) is 77.8 Å². The Labute approximate surface area is 327 Å². The zero-order chi connectivity index (χ0) is 37.0. The van der Waals surface area contributed by atoms with Gasteiger partial charge in [0, 0.05) is 65.6 Å². The van der Waals surface area contributed by atoms with Gasteiger partial charge in [0.1, 0.15) is 11.2 Å². The summed E-state index contributed by atoms with van der Waals surface area (Å²) in [6.45, 7) is 0. The lowest BCUT2D eigenvalue weighted by Gasteiger charge is -2.12. The minimum absolute atomic E-state index is 0.691. The van der Waals surface area contributed by atoms with Crippen LogP contribution in [0.2, 0.25) is 0 Å². The summed E-state index contributed by atoms with van der Waals surface area (Å²) in [4.78, 5) is 14.3. The van der Waals surface area contributed by atoms with E-state index in [1.807, 2.05) is 60.1 Å². The molecule has 0 fully saturated rings. The van der Waals surface area contributed by atoms with Gasteiger partial charge in [0.05, 0.1) is 11.4 Å². The van der Waals surface area contributed by atoms with Gasteiger partial charge < -0.3 is 4.42 Å². The predicted octanol–water partition coefficient (Wildman–Crippen LogP) is 14.1. The van der Waals surface area contributed by atoms with Crippen molar-refractivity contribution in [1.29, 1.82) is 0 Å². The number of aromatic nitrogens is 3. The van der Waals surface area contributed by atoms with Crippen LogP contribution in [0, 0.1) is 0 Å². The van der Waals surface area contributed by atoms with E-state index < -0.39 is 0 Å². The molecule has 0 N–H and O–H groups in total. The molecule has 0 saturated carbocycles. The third-order valence-electron chi connectivity index (χ3n) is 10.7. The highest BCUT2D eigenvalue weighted by atomic mass is 32.1. The average Bonchev–Trinajstić information content (AvgIpc) is 3.86. The van der Waals surface area contributed by atoms with E-state index in [4.69, 9.17) is 14.4 Å². The molecule has 0 aliphatic carbocycles. The standard InChI is InChI=1S/C51H31N3OS/c1-2-9-37(10-3-1)51-53-43(35-21-17-32(18-22-35)33-27-29-52-30-28-33)31-44(54-51)36-23-19-34(20-24-36)38-25-26-40(50-49(38)41-11-4-6-14-45(41)55-50)39-13-8-16-47-48(39)42-12-5-7-15-46(42)56-47/h1-31H. The first-order valence-corrected chi connectivity index (χ1v) is 19.5. The van der Waals surface area contributed by atoms with E-state index >= 15 is 0 Å².